The molecular weight excluding hydrogens is 392 g/mol. The molecule has 2 amide bonds. The van der Waals surface area contributed by atoms with Crippen LogP contribution < -0.4 is 5.32 Å². The van der Waals surface area contributed by atoms with Gasteiger partial charge in [0.15, 0.2) is 5.69 Å². The van der Waals surface area contributed by atoms with E-state index in [9.17, 15) is 9.59 Å². The van der Waals surface area contributed by atoms with Crippen LogP contribution in [0.1, 0.15) is 63.1 Å². The van der Waals surface area contributed by atoms with Crippen molar-refractivity contribution in [2.75, 3.05) is 31.6 Å². The Morgan fingerprint density at radius 3 is 2.69 bits per heavy atom. The first-order valence-electron chi connectivity index (χ1n) is 10.2. The third-order valence-corrected chi connectivity index (χ3v) is 6.58. The Hall–Kier alpha value is -2.33. The van der Waals surface area contributed by atoms with Crippen LogP contribution in [0.5, 0.6) is 0 Å². The molecule has 4 heterocycles. The number of nitrogens with one attached hydrogen (secondary N) is 1. The number of aryl methyl sites for hydroxylation is 1. The molecule has 0 radical (unpaired) electrons. The number of hydrogen-bond acceptors (Lipinski definition) is 7. The van der Waals surface area contributed by atoms with Gasteiger partial charge in [0.2, 0.25) is 5.13 Å². The van der Waals surface area contributed by atoms with E-state index in [-0.39, 0.29) is 17.7 Å². The van der Waals surface area contributed by atoms with Crippen LogP contribution in [0.3, 0.4) is 0 Å². The predicted octanol–water partition coefficient (Wildman–Crippen LogP) is 2.06. The van der Waals surface area contributed by atoms with Crippen LogP contribution in [0.25, 0.3) is 0 Å². The maximum absolute atomic E-state index is 13.3. The van der Waals surface area contributed by atoms with Gasteiger partial charge in [0, 0.05) is 31.9 Å². The monoisotopic (exact) mass is 416 g/mol. The van der Waals surface area contributed by atoms with Crippen LogP contribution in [-0.2, 0) is 11.3 Å². The minimum atomic E-state index is -0.311. The number of ether oxygens (including phenoxy) is 1. The Bertz CT molecular complexity index is 944. The van der Waals surface area contributed by atoms with Crippen LogP contribution in [0, 0.1) is 12.8 Å². The topological polar surface area (TPSA) is 102 Å². The Morgan fingerprint density at radius 2 is 2.00 bits per heavy atom. The largest absolute Gasteiger partial charge is 0.381 e. The van der Waals surface area contributed by atoms with Crippen LogP contribution >= 0.6 is 11.3 Å². The minimum Gasteiger partial charge on any atom is -0.381 e. The van der Waals surface area contributed by atoms with Crippen molar-refractivity contribution in [3.63, 3.8) is 0 Å². The second kappa shape index (κ2) is 7.49. The first-order valence-corrected chi connectivity index (χ1v) is 11.0. The molecule has 1 saturated carbocycles. The molecular formula is C19H24N6O3S. The fraction of sp³-hybridized carbons (Fsp3) is 0.632. The molecule has 10 heteroatoms. The number of nitrogens with zero attached hydrogens (tertiary/aromatic N) is 5. The summed E-state index contributed by atoms with van der Waals surface area (Å²) in [5.41, 5.74) is 1.77. The molecule has 9 nitrogen and oxygen atoms in total. The molecule has 3 aliphatic rings. The molecule has 2 aromatic rings. The van der Waals surface area contributed by atoms with Gasteiger partial charge in [-0.25, -0.2) is 0 Å². The molecule has 0 atom stereocenters. The highest BCUT2D eigenvalue weighted by Gasteiger charge is 2.40. The van der Waals surface area contributed by atoms with Crippen molar-refractivity contribution in [1.29, 1.82) is 0 Å². The van der Waals surface area contributed by atoms with Crippen LogP contribution in [0.15, 0.2) is 0 Å². The van der Waals surface area contributed by atoms with Crippen LogP contribution in [-0.4, -0.2) is 63.0 Å². The standard InChI is InChI=1S/C19H24N6O3S/c1-11-21-22-19(29-11)20-17(26)15-14(13-2-3-13)16-18(27)24(6-7-25(16)23-15)10-12-4-8-28-9-5-12/h12-13H,2-10H2,1H3,(H,20,22,26). The third-order valence-electron chi connectivity index (χ3n) is 5.83. The van der Waals surface area contributed by atoms with Gasteiger partial charge in [-0.3, -0.25) is 19.6 Å². The number of fused-ring (bicyclic) bond motifs is 1. The van der Waals surface area contributed by atoms with E-state index < -0.39 is 0 Å². The van der Waals surface area contributed by atoms with Crippen LogP contribution in [0.2, 0.25) is 0 Å². The molecule has 0 unspecified atom stereocenters. The molecule has 2 aromatic heterocycles. The van der Waals surface area contributed by atoms with Gasteiger partial charge in [-0.05, 0) is 44.4 Å². The number of anilines is 1. The van der Waals surface area contributed by atoms with E-state index in [2.05, 4.69) is 20.6 Å². The van der Waals surface area contributed by atoms with E-state index in [4.69, 9.17) is 4.74 Å². The summed E-state index contributed by atoms with van der Waals surface area (Å²) < 4.78 is 7.17. The van der Waals surface area contributed by atoms with Crippen molar-refractivity contribution in [2.24, 2.45) is 5.92 Å². The van der Waals surface area contributed by atoms with Gasteiger partial charge >= 0.3 is 0 Å². The Kier molecular flexibility index (Phi) is 4.83. The SMILES string of the molecule is Cc1nnc(NC(=O)c2nn3c(c2C2CC2)C(=O)N(CC2CCOCC2)CC3)s1. The fourth-order valence-electron chi connectivity index (χ4n) is 4.17. The summed E-state index contributed by atoms with van der Waals surface area (Å²) in [4.78, 5) is 28.2. The quantitative estimate of drug-likeness (QED) is 0.800. The first-order chi connectivity index (χ1) is 14.1. The van der Waals surface area contributed by atoms with Gasteiger partial charge in [0.25, 0.3) is 11.8 Å². The average Bonchev–Trinajstić information content (AvgIpc) is 3.36. The molecule has 2 aliphatic heterocycles. The highest BCUT2D eigenvalue weighted by molar-refractivity contribution is 7.15. The number of carbonyl (C=O) groups is 2. The molecule has 154 valence electrons. The zero-order valence-electron chi connectivity index (χ0n) is 16.4. The maximum Gasteiger partial charge on any atom is 0.278 e. The van der Waals surface area contributed by atoms with Gasteiger partial charge in [-0.1, -0.05) is 11.3 Å². The Balaban J connectivity index is 1.41. The van der Waals surface area contributed by atoms with Crippen molar-refractivity contribution in [3.8, 4) is 0 Å². The molecule has 5 rings (SSSR count). The second-order valence-electron chi connectivity index (χ2n) is 8.00. The highest BCUT2D eigenvalue weighted by atomic mass is 32.1. The van der Waals surface area contributed by atoms with Crippen molar-refractivity contribution in [2.45, 2.75) is 45.1 Å². The lowest BCUT2D eigenvalue weighted by Gasteiger charge is -2.32. The third kappa shape index (κ3) is 3.66. The summed E-state index contributed by atoms with van der Waals surface area (Å²) in [7, 11) is 0. The summed E-state index contributed by atoms with van der Waals surface area (Å²) in [5, 5.41) is 16.5. The van der Waals surface area contributed by atoms with E-state index in [1.165, 1.54) is 11.3 Å². The lowest BCUT2D eigenvalue weighted by molar-refractivity contribution is 0.0420. The number of amides is 2. The predicted molar refractivity (Wildman–Crippen MR) is 106 cm³/mol. The summed E-state index contributed by atoms with van der Waals surface area (Å²) in [5.74, 6) is 0.411. The molecule has 0 bridgehead atoms. The second-order valence-corrected chi connectivity index (χ2v) is 9.18. The van der Waals surface area contributed by atoms with Gasteiger partial charge in [-0.2, -0.15) is 5.10 Å². The number of carbonyl (C=O) groups excluding carboxylic acids is 2. The summed E-state index contributed by atoms with van der Waals surface area (Å²) in [6.07, 6.45) is 3.97. The molecule has 1 aliphatic carbocycles. The molecule has 2 fully saturated rings. The smallest absolute Gasteiger partial charge is 0.278 e. The number of rotatable bonds is 5. The van der Waals surface area contributed by atoms with Gasteiger partial charge in [0.05, 0.1) is 6.54 Å². The van der Waals surface area contributed by atoms with E-state index in [1.807, 2.05) is 11.8 Å². The van der Waals surface area contributed by atoms with E-state index in [1.54, 1.807) is 4.68 Å². The lowest BCUT2D eigenvalue weighted by Crippen LogP contribution is -2.44. The maximum atomic E-state index is 13.3. The van der Waals surface area contributed by atoms with E-state index in [0.717, 1.165) is 56.0 Å². The average molecular weight is 417 g/mol. The van der Waals surface area contributed by atoms with Gasteiger partial charge < -0.3 is 9.64 Å². The summed E-state index contributed by atoms with van der Waals surface area (Å²) >= 11 is 1.32. The van der Waals surface area contributed by atoms with E-state index >= 15 is 0 Å². The lowest BCUT2D eigenvalue weighted by atomic mass is 9.98. The van der Waals surface area contributed by atoms with Crippen LogP contribution in [0.4, 0.5) is 5.13 Å². The summed E-state index contributed by atoms with van der Waals surface area (Å²) in [6, 6.07) is 0. The van der Waals surface area contributed by atoms with Crippen molar-refractivity contribution in [1.82, 2.24) is 24.9 Å². The van der Waals surface area contributed by atoms with Gasteiger partial charge in [-0.15, -0.1) is 10.2 Å². The summed E-state index contributed by atoms with van der Waals surface area (Å²) in [6.45, 7) is 5.38. The minimum absolute atomic E-state index is 0.00273. The van der Waals surface area contributed by atoms with Crippen molar-refractivity contribution >= 4 is 28.3 Å². The Morgan fingerprint density at radius 1 is 1.21 bits per heavy atom. The fourth-order valence-corrected chi connectivity index (χ4v) is 4.76. The molecule has 1 N–H and O–H groups in total. The zero-order valence-corrected chi connectivity index (χ0v) is 17.2. The molecule has 0 spiro atoms. The molecule has 1 saturated heterocycles. The molecule has 29 heavy (non-hydrogen) atoms. The first kappa shape index (κ1) is 18.7. The van der Waals surface area contributed by atoms with Gasteiger partial charge in [0.1, 0.15) is 10.7 Å². The zero-order chi connectivity index (χ0) is 20.0. The number of aromatic nitrogens is 4. The van der Waals surface area contributed by atoms with Crippen molar-refractivity contribution in [3.05, 3.63) is 22.0 Å². The van der Waals surface area contributed by atoms with Crippen molar-refractivity contribution < 1.29 is 14.3 Å². The van der Waals surface area contributed by atoms with E-state index in [0.29, 0.717) is 35.5 Å². The number of hydrogen-bond donors (Lipinski definition) is 1. The molecule has 0 aromatic carbocycles. The normalized spacial score (nSPS) is 20.0. The Labute approximate surface area is 172 Å². The highest BCUT2D eigenvalue weighted by Crippen LogP contribution is 2.44.